The molecule has 5 rings (SSSR count). The Balaban J connectivity index is 1.38. The number of nitrogens with zero attached hydrogens (tertiary/aromatic N) is 5. The van der Waals surface area contributed by atoms with Crippen molar-refractivity contribution < 1.29 is 9.15 Å². The Labute approximate surface area is 189 Å². The summed E-state index contributed by atoms with van der Waals surface area (Å²) in [4.78, 5) is 18.4. The smallest absolute Gasteiger partial charge is 0.252 e. The maximum absolute atomic E-state index is 6.16. The molecule has 0 spiro atoms. The summed E-state index contributed by atoms with van der Waals surface area (Å²) < 4.78 is 11.8. The summed E-state index contributed by atoms with van der Waals surface area (Å²) in [6.07, 6.45) is 10.2. The number of benzene rings is 1. The Morgan fingerprint density at radius 2 is 1.84 bits per heavy atom. The van der Waals surface area contributed by atoms with Gasteiger partial charge in [-0.05, 0) is 69.3 Å². The molecule has 2 bridgehead atoms. The highest BCUT2D eigenvalue weighted by molar-refractivity contribution is 5.81. The summed E-state index contributed by atoms with van der Waals surface area (Å²) in [5, 5.41) is 0. The molecule has 4 heterocycles. The fourth-order valence-electron chi connectivity index (χ4n) is 5.10. The van der Waals surface area contributed by atoms with Crippen LogP contribution in [0.2, 0.25) is 0 Å². The van der Waals surface area contributed by atoms with E-state index in [4.69, 9.17) is 9.15 Å². The number of hydrogen-bond acceptors (Lipinski definition) is 7. The molecule has 32 heavy (non-hydrogen) atoms. The van der Waals surface area contributed by atoms with E-state index in [-0.39, 0.29) is 0 Å². The number of aromatic nitrogens is 3. The van der Waals surface area contributed by atoms with Gasteiger partial charge in [-0.25, -0.2) is 9.97 Å². The molecule has 1 aromatic carbocycles. The number of hydrogen-bond donors (Lipinski definition) is 0. The SMILES string of the molecule is Cc1nc2c(N3CCCCN4CCCCC4CCc4cccc(c4)OCC3)ncnc2o1. The molecule has 0 saturated carbocycles. The molecule has 1 saturated heterocycles. The van der Waals surface area contributed by atoms with Gasteiger partial charge in [0.1, 0.15) is 18.7 Å². The fourth-order valence-corrected chi connectivity index (χ4v) is 5.10. The summed E-state index contributed by atoms with van der Waals surface area (Å²) in [5.74, 6) is 2.40. The molecule has 0 aliphatic carbocycles. The highest BCUT2D eigenvalue weighted by Gasteiger charge is 2.22. The molecule has 0 radical (unpaired) electrons. The number of rotatable bonds is 1. The van der Waals surface area contributed by atoms with Crippen molar-refractivity contribution in [3.05, 3.63) is 42.0 Å². The topological polar surface area (TPSA) is 67.5 Å². The normalized spacial score (nSPS) is 21.4. The molecule has 7 nitrogen and oxygen atoms in total. The van der Waals surface area contributed by atoms with Gasteiger partial charge in [-0.15, -0.1) is 0 Å². The van der Waals surface area contributed by atoms with Crippen molar-refractivity contribution in [3.8, 4) is 5.75 Å². The molecule has 0 N–H and O–H groups in total. The van der Waals surface area contributed by atoms with Crippen molar-refractivity contribution >= 4 is 17.0 Å². The molecule has 3 aromatic rings. The van der Waals surface area contributed by atoms with Crippen LogP contribution in [0.15, 0.2) is 35.0 Å². The molecular formula is C25H33N5O2. The van der Waals surface area contributed by atoms with Gasteiger partial charge < -0.3 is 19.0 Å². The lowest BCUT2D eigenvalue weighted by molar-refractivity contribution is 0.138. The van der Waals surface area contributed by atoms with E-state index in [9.17, 15) is 0 Å². The van der Waals surface area contributed by atoms with E-state index in [0.29, 0.717) is 24.3 Å². The lowest BCUT2D eigenvalue weighted by atomic mass is 9.95. The van der Waals surface area contributed by atoms with Crippen LogP contribution in [0.3, 0.4) is 0 Å². The summed E-state index contributed by atoms with van der Waals surface area (Å²) in [6, 6.07) is 9.32. The quantitative estimate of drug-likeness (QED) is 0.561. The third kappa shape index (κ3) is 4.88. The van der Waals surface area contributed by atoms with Gasteiger partial charge in [0.05, 0.1) is 6.54 Å². The Hall–Kier alpha value is -2.67. The number of anilines is 1. The minimum atomic E-state index is 0.549. The lowest BCUT2D eigenvalue weighted by Crippen LogP contribution is -2.40. The van der Waals surface area contributed by atoms with E-state index in [1.54, 1.807) is 6.33 Å². The highest BCUT2D eigenvalue weighted by atomic mass is 16.5. The Kier molecular flexibility index (Phi) is 6.53. The second-order valence-corrected chi connectivity index (χ2v) is 9.00. The van der Waals surface area contributed by atoms with Crippen molar-refractivity contribution in [2.24, 2.45) is 0 Å². The zero-order valence-electron chi connectivity index (χ0n) is 19.0. The van der Waals surface area contributed by atoms with Crippen LogP contribution in [0.5, 0.6) is 5.75 Å². The van der Waals surface area contributed by atoms with E-state index >= 15 is 0 Å². The monoisotopic (exact) mass is 435 g/mol. The summed E-state index contributed by atoms with van der Waals surface area (Å²) in [6.45, 7) is 6.52. The minimum absolute atomic E-state index is 0.549. The van der Waals surface area contributed by atoms with Gasteiger partial charge in [-0.1, -0.05) is 18.6 Å². The van der Waals surface area contributed by atoms with Crippen LogP contribution < -0.4 is 9.64 Å². The first-order valence-corrected chi connectivity index (χ1v) is 12.1. The molecule has 170 valence electrons. The van der Waals surface area contributed by atoms with Gasteiger partial charge >= 0.3 is 0 Å². The van der Waals surface area contributed by atoms with Crippen LogP contribution in [-0.4, -0.2) is 58.7 Å². The van der Waals surface area contributed by atoms with Crippen molar-refractivity contribution in [2.45, 2.75) is 57.9 Å². The number of piperidine rings is 1. The highest BCUT2D eigenvalue weighted by Crippen LogP contribution is 2.25. The maximum atomic E-state index is 6.16. The molecule has 2 aliphatic heterocycles. The molecule has 2 aromatic heterocycles. The largest absolute Gasteiger partial charge is 0.492 e. The lowest BCUT2D eigenvalue weighted by Gasteiger charge is -2.36. The first-order chi connectivity index (χ1) is 15.8. The van der Waals surface area contributed by atoms with Crippen molar-refractivity contribution in [3.63, 3.8) is 0 Å². The Morgan fingerprint density at radius 1 is 0.969 bits per heavy atom. The second-order valence-electron chi connectivity index (χ2n) is 9.00. The van der Waals surface area contributed by atoms with E-state index in [1.807, 2.05) is 6.92 Å². The molecule has 1 unspecified atom stereocenters. The summed E-state index contributed by atoms with van der Waals surface area (Å²) in [5.41, 5.74) is 2.66. The van der Waals surface area contributed by atoms with E-state index in [1.165, 1.54) is 50.8 Å². The third-order valence-corrected chi connectivity index (χ3v) is 6.75. The van der Waals surface area contributed by atoms with Crippen LogP contribution >= 0.6 is 0 Å². The van der Waals surface area contributed by atoms with Gasteiger partial charge in [0, 0.05) is 19.5 Å². The predicted octanol–water partition coefficient (Wildman–Crippen LogP) is 4.39. The van der Waals surface area contributed by atoms with Gasteiger partial charge in [-0.3, -0.25) is 0 Å². The van der Waals surface area contributed by atoms with Crippen LogP contribution in [0.4, 0.5) is 5.82 Å². The molecule has 0 amide bonds. The van der Waals surface area contributed by atoms with E-state index in [2.05, 4.69) is 49.0 Å². The van der Waals surface area contributed by atoms with Gasteiger partial charge in [0.25, 0.3) is 5.71 Å². The van der Waals surface area contributed by atoms with Gasteiger partial charge in [0.15, 0.2) is 17.2 Å². The first kappa shape index (κ1) is 21.2. The molecule has 7 heteroatoms. The number of aryl methyl sites for hydroxylation is 2. The van der Waals surface area contributed by atoms with Crippen molar-refractivity contribution in [1.82, 2.24) is 19.9 Å². The van der Waals surface area contributed by atoms with Crippen molar-refractivity contribution in [1.29, 1.82) is 0 Å². The molecular weight excluding hydrogens is 402 g/mol. The average Bonchev–Trinajstić information content (AvgIpc) is 3.20. The summed E-state index contributed by atoms with van der Waals surface area (Å²) in [7, 11) is 0. The molecule has 2 aliphatic rings. The summed E-state index contributed by atoms with van der Waals surface area (Å²) >= 11 is 0. The number of oxazole rings is 1. The van der Waals surface area contributed by atoms with Crippen LogP contribution in [0, 0.1) is 6.92 Å². The second kappa shape index (κ2) is 9.86. The standard InChI is InChI=1S/C25H33N5O2/c1-19-28-23-24(26-18-27-25(23)32-19)30-14-5-4-13-29-12-3-2-8-21(29)11-10-20-7-6-9-22(17-20)31-16-15-30/h6-7,9,17-18,21H,2-5,8,10-16H2,1H3. The Bertz CT molecular complexity index is 1040. The van der Waals surface area contributed by atoms with Crippen LogP contribution in [0.1, 0.15) is 50.0 Å². The predicted molar refractivity (Wildman–Crippen MR) is 125 cm³/mol. The maximum Gasteiger partial charge on any atom is 0.252 e. The number of ether oxygens (including phenoxy) is 1. The van der Waals surface area contributed by atoms with Gasteiger partial charge in [-0.2, -0.15) is 4.98 Å². The minimum Gasteiger partial charge on any atom is -0.492 e. The van der Waals surface area contributed by atoms with E-state index < -0.39 is 0 Å². The molecule has 1 atom stereocenters. The third-order valence-electron chi connectivity index (χ3n) is 6.75. The van der Waals surface area contributed by atoms with Gasteiger partial charge in [0.2, 0.25) is 0 Å². The Morgan fingerprint density at radius 3 is 2.78 bits per heavy atom. The average molecular weight is 436 g/mol. The zero-order chi connectivity index (χ0) is 21.8. The zero-order valence-corrected chi connectivity index (χ0v) is 19.0. The fraction of sp³-hybridized carbons (Fsp3) is 0.560. The first-order valence-electron chi connectivity index (χ1n) is 12.1. The van der Waals surface area contributed by atoms with Crippen LogP contribution in [0.25, 0.3) is 11.2 Å². The van der Waals surface area contributed by atoms with Crippen molar-refractivity contribution in [2.75, 3.05) is 37.7 Å². The number of fused-ring (bicyclic) bond motifs is 4. The van der Waals surface area contributed by atoms with Crippen LogP contribution in [-0.2, 0) is 6.42 Å². The van der Waals surface area contributed by atoms with E-state index in [0.717, 1.165) is 43.0 Å². The molecule has 1 fully saturated rings.